The summed E-state index contributed by atoms with van der Waals surface area (Å²) < 4.78 is 3.76. The smallest absolute Gasteiger partial charge is 0.342 e. The summed E-state index contributed by atoms with van der Waals surface area (Å²) in [5.74, 6) is 0.698. The van der Waals surface area contributed by atoms with Crippen LogP contribution >= 0.6 is 43.6 Å². The Balaban J connectivity index is 1.50. The molecule has 0 unspecified atom stereocenters. The van der Waals surface area contributed by atoms with Crippen molar-refractivity contribution in [3.8, 4) is 22.8 Å². The molecule has 0 aliphatic rings. The second-order valence-electron chi connectivity index (χ2n) is 6.82. The van der Waals surface area contributed by atoms with Gasteiger partial charge >= 0.3 is 5.16 Å². The number of benzene rings is 3. The Hall–Kier alpha value is -2.95. The van der Waals surface area contributed by atoms with Crippen molar-refractivity contribution < 1.29 is 14.5 Å². The summed E-state index contributed by atoms with van der Waals surface area (Å²) in [5.41, 5.74) is 4.86. The molecule has 4 aromatic rings. The van der Waals surface area contributed by atoms with Crippen molar-refractivity contribution in [2.45, 2.75) is 5.16 Å². The number of hydrogen-bond acceptors (Lipinski definition) is 5. The molecule has 166 valence electrons. The van der Waals surface area contributed by atoms with Gasteiger partial charge in [-0.1, -0.05) is 50.1 Å². The van der Waals surface area contributed by atoms with Crippen LogP contribution in [-0.4, -0.2) is 33.2 Å². The predicted octanol–water partition coefficient (Wildman–Crippen LogP) is 4.83. The summed E-state index contributed by atoms with van der Waals surface area (Å²) in [6.45, 7) is 0. The van der Waals surface area contributed by atoms with Crippen molar-refractivity contribution in [1.29, 1.82) is 0 Å². The minimum atomic E-state index is -0.293. The number of aromatic nitrogens is 3. The van der Waals surface area contributed by atoms with Crippen molar-refractivity contribution in [3.05, 3.63) is 87.3 Å². The highest BCUT2D eigenvalue weighted by molar-refractivity contribution is 9.10. The minimum absolute atomic E-state index is 0.0754. The van der Waals surface area contributed by atoms with Gasteiger partial charge in [-0.05, 0) is 66.4 Å². The fourth-order valence-electron chi connectivity index (χ4n) is 2.98. The van der Waals surface area contributed by atoms with E-state index < -0.39 is 0 Å². The van der Waals surface area contributed by atoms with E-state index in [0.29, 0.717) is 10.7 Å². The fourth-order valence-corrected chi connectivity index (χ4v) is 4.38. The summed E-state index contributed by atoms with van der Waals surface area (Å²) in [6.07, 6.45) is 1.40. The quantitative estimate of drug-likeness (QED) is 0.125. The minimum Gasteiger partial charge on any atom is -0.507 e. The van der Waals surface area contributed by atoms with Gasteiger partial charge in [-0.25, -0.2) is 5.43 Å². The van der Waals surface area contributed by atoms with E-state index in [1.54, 1.807) is 18.2 Å². The average Bonchev–Trinajstić information content (AvgIpc) is 3.25. The van der Waals surface area contributed by atoms with Gasteiger partial charge in [0.05, 0.1) is 22.6 Å². The number of aromatic amines is 1. The Kier molecular flexibility index (Phi) is 7.58. The van der Waals surface area contributed by atoms with E-state index in [4.69, 9.17) is 0 Å². The maximum absolute atomic E-state index is 12.4. The van der Waals surface area contributed by atoms with Crippen LogP contribution in [0, 0.1) is 0 Å². The second-order valence-corrected chi connectivity index (χ2v) is 9.59. The molecule has 0 aliphatic heterocycles. The number of amides is 1. The molecule has 3 aromatic carbocycles. The van der Waals surface area contributed by atoms with E-state index in [1.807, 2.05) is 59.2 Å². The lowest BCUT2D eigenvalue weighted by Crippen LogP contribution is -2.34. The van der Waals surface area contributed by atoms with Gasteiger partial charge in [-0.15, -0.1) is 5.10 Å². The van der Waals surface area contributed by atoms with Gasteiger partial charge in [0.25, 0.3) is 11.7 Å². The molecule has 1 aromatic heterocycles. The largest absolute Gasteiger partial charge is 0.507 e. The zero-order valence-corrected chi connectivity index (χ0v) is 21.1. The number of thioether (sulfide) groups is 1. The molecule has 1 heterocycles. The monoisotopic (exact) mass is 586 g/mol. The highest BCUT2D eigenvalue weighted by Gasteiger charge is 2.24. The van der Waals surface area contributed by atoms with E-state index in [1.165, 1.54) is 18.0 Å². The average molecular weight is 588 g/mol. The predicted molar refractivity (Wildman–Crippen MR) is 136 cm³/mol. The van der Waals surface area contributed by atoms with Gasteiger partial charge < -0.3 is 5.11 Å². The number of aromatic hydroxyl groups is 1. The number of phenolic OH excluding ortho intramolecular Hbond substituents is 1. The Morgan fingerprint density at radius 1 is 1.09 bits per heavy atom. The summed E-state index contributed by atoms with van der Waals surface area (Å²) >= 11 is 8.09. The lowest BCUT2D eigenvalue weighted by molar-refractivity contribution is -0.625. The van der Waals surface area contributed by atoms with Gasteiger partial charge in [0.2, 0.25) is 0 Å². The normalized spacial score (nSPS) is 11.1. The van der Waals surface area contributed by atoms with Crippen LogP contribution in [0.2, 0.25) is 0 Å². The van der Waals surface area contributed by atoms with Crippen molar-refractivity contribution in [1.82, 2.24) is 15.6 Å². The zero-order chi connectivity index (χ0) is 23.2. The van der Waals surface area contributed by atoms with Crippen LogP contribution in [0.4, 0.5) is 0 Å². The van der Waals surface area contributed by atoms with Crippen molar-refractivity contribution in [3.63, 3.8) is 0 Å². The highest BCUT2D eigenvalue weighted by atomic mass is 79.9. The molecule has 0 spiro atoms. The fraction of sp³-hybridized carbons (Fsp3) is 0.0435. The molecule has 3 N–H and O–H groups in total. The summed E-state index contributed by atoms with van der Waals surface area (Å²) in [6, 6.07) is 22.7. The van der Waals surface area contributed by atoms with E-state index in [2.05, 4.69) is 52.6 Å². The third-order valence-corrected chi connectivity index (χ3v) is 6.48. The highest BCUT2D eigenvalue weighted by Crippen LogP contribution is 2.22. The first kappa shape index (κ1) is 23.2. The molecule has 0 radical (unpaired) electrons. The van der Waals surface area contributed by atoms with Crippen LogP contribution < -0.4 is 9.99 Å². The number of hydrazone groups is 1. The van der Waals surface area contributed by atoms with Crippen LogP contribution in [0.1, 0.15) is 5.56 Å². The lowest BCUT2D eigenvalue weighted by atomic mass is 10.2. The molecular formula is C23H18Br2N5O2S+. The third-order valence-electron chi connectivity index (χ3n) is 4.52. The molecule has 7 nitrogen and oxygen atoms in total. The van der Waals surface area contributed by atoms with Crippen LogP contribution in [-0.2, 0) is 4.79 Å². The molecular weight excluding hydrogens is 570 g/mol. The first-order chi connectivity index (χ1) is 16.0. The van der Waals surface area contributed by atoms with Crippen molar-refractivity contribution in [2.24, 2.45) is 5.10 Å². The summed E-state index contributed by atoms with van der Waals surface area (Å²) in [4.78, 5) is 12.4. The first-order valence-electron chi connectivity index (χ1n) is 9.76. The topological polar surface area (TPSA) is 94.3 Å². The third kappa shape index (κ3) is 5.89. The van der Waals surface area contributed by atoms with Gasteiger partial charge in [0.1, 0.15) is 11.4 Å². The maximum atomic E-state index is 12.4. The van der Waals surface area contributed by atoms with Gasteiger partial charge in [-0.3, -0.25) is 4.79 Å². The van der Waals surface area contributed by atoms with Gasteiger partial charge in [0.15, 0.2) is 0 Å². The number of carbonyl (C=O) groups excluding carboxylic acids is 1. The standard InChI is InChI=1S/C23H17Br2N5O2S/c24-17-8-6-15(7-9-17)22-28-29-23(30(22)19-4-2-1-3-5-19)33-14-21(32)27-26-13-16-12-18(25)10-11-20(16)31/h1-13H,14H2,(H2,26,27,31,32)/p+1. The molecule has 0 saturated carbocycles. The Morgan fingerprint density at radius 3 is 2.58 bits per heavy atom. The zero-order valence-electron chi connectivity index (χ0n) is 17.1. The summed E-state index contributed by atoms with van der Waals surface area (Å²) in [5, 5.41) is 22.0. The van der Waals surface area contributed by atoms with Crippen LogP contribution in [0.3, 0.4) is 0 Å². The van der Waals surface area contributed by atoms with E-state index in [0.717, 1.165) is 26.0 Å². The molecule has 1 amide bonds. The maximum Gasteiger partial charge on any atom is 0.342 e. The number of nitrogens with zero attached hydrogens (tertiary/aromatic N) is 3. The Bertz CT molecular complexity index is 1290. The molecule has 4 rings (SSSR count). The number of halogens is 2. The van der Waals surface area contributed by atoms with E-state index in [-0.39, 0.29) is 17.4 Å². The van der Waals surface area contributed by atoms with Crippen LogP contribution in [0.25, 0.3) is 17.1 Å². The van der Waals surface area contributed by atoms with Crippen LogP contribution in [0.5, 0.6) is 5.75 Å². The SMILES string of the molecule is O=C(CSc1n[nH]c(-c2ccc(Br)cc2)[n+]1-c1ccccc1)NN=Cc1cc(Br)ccc1O. The molecule has 0 saturated heterocycles. The number of carbonyl (C=O) groups is 1. The van der Waals surface area contributed by atoms with Gasteiger partial charge in [-0.2, -0.15) is 9.67 Å². The summed E-state index contributed by atoms with van der Waals surface area (Å²) in [7, 11) is 0. The Labute approximate surface area is 211 Å². The molecule has 0 atom stereocenters. The first-order valence-corrected chi connectivity index (χ1v) is 12.3. The molecule has 0 bridgehead atoms. The Morgan fingerprint density at radius 2 is 1.82 bits per heavy atom. The number of hydrogen-bond donors (Lipinski definition) is 3. The molecule has 10 heteroatoms. The number of nitrogens with one attached hydrogen (secondary N) is 2. The van der Waals surface area contributed by atoms with Crippen LogP contribution in [0.15, 0.2) is 92.0 Å². The number of phenols is 1. The van der Waals surface area contributed by atoms with Crippen molar-refractivity contribution >= 4 is 55.7 Å². The lowest BCUT2D eigenvalue weighted by Gasteiger charge is -2.04. The van der Waals surface area contributed by atoms with Crippen molar-refractivity contribution in [2.75, 3.05) is 5.75 Å². The number of para-hydroxylation sites is 1. The number of rotatable bonds is 7. The van der Waals surface area contributed by atoms with Gasteiger partial charge in [0, 0.05) is 14.5 Å². The van der Waals surface area contributed by atoms with E-state index in [9.17, 15) is 9.90 Å². The van der Waals surface area contributed by atoms with E-state index >= 15 is 0 Å². The molecule has 33 heavy (non-hydrogen) atoms. The number of H-pyrrole nitrogens is 1. The second kappa shape index (κ2) is 10.8. The molecule has 0 aliphatic carbocycles. The molecule has 0 fully saturated rings.